The maximum absolute atomic E-state index is 14.2. The van der Waals surface area contributed by atoms with Crippen LogP contribution in [0.15, 0.2) is 6.07 Å². The summed E-state index contributed by atoms with van der Waals surface area (Å²) in [6.07, 6.45) is 0.734. The molecule has 8 heteroatoms. The Labute approximate surface area is 126 Å². The van der Waals surface area contributed by atoms with Gasteiger partial charge in [-0.3, -0.25) is 14.9 Å². The van der Waals surface area contributed by atoms with Crippen LogP contribution in [-0.4, -0.2) is 30.5 Å². The van der Waals surface area contributed by atoms with Crippen molar-refractivity contribution in [3.05, 3.63) is 33.4 Å². The summed E-state index contributed by atoms with van der Waals surface area (Å²) in [4.78, 5) is 22.4. The van der Waals surface area contributed by atoms with E-state index >= 15 is 0 Å². The van der Waals surface area contributed by atoms with Gasteiger partial charge in [-0.15, -0.1) is 0 Å². The number of anilines is 1. The highest BCUT2D eigenvalue weighted by atomic mass is 19.1. The molecule has 0 aliphatic carbocycles. The number of rotatable bonds is 4. The number of carbonyl (C=O) groups excluding carboxylic acids is 1. The molecule has 0 aromatic heterocycles. The number of nitro groups is 1. The quantitative estimate of drug-likeness (QED) is 0.682. The lowest BCUT2D eigenvalue weighted by Crippen LogP contribution is -2.29. The zero-order chi connectivity index (χ0) is 16.4. The lowest BCUT2D eigenvalue weighted by Gasteiger charge is -2.22. The predicted octanol–water partition coefficient (Wildman–Crippen LogP) is 2.14. The fraction of sp³-hybridized carbons (Fsp3) is 0.500. The first-order chi connectivity index (χ1) is 10.3. The van der Waals surface area contributed by atoms with Gasteiger partial charge < -0.3 is 10.2 Å². The molecule has 0 radical (unpaired) electrons. The predicted molar refractivity (Wildman–Crippen MR) is 76.8 cm³/mol. The molecule has 120 valence electrons. The van der Waals surface area contributed by atoms with Crippen molar-refractivity contribution in [2.45, 2.75) is 20.3 Å². The van der Waals surface area contributed by atoms with E-state index in [1.807, 2.05) is 0 Å². The van der Waals surface area contributed by atoms with Crippen molar-refractivity contribution in [3.63, 3.8) is 0 Å². The Kier molecular flexibility index (Phi) is 4.58. The second-order valence-electron chi connectivity index (χ2n) is 5.46. The van der Waals surface area contributed by atoms with Gasteiger partial charge in [-0.25, -0.2) is 4.39 Å². The van der Waals surface area contributed by atoms with Crippen molar-refractivity contribution in [1.82, 2.24) is 5.32 Å². The number of hydrogen-bond acceptors (Lipinski definition) is 4. The molecule has 1 aromatic carbocycles. The minimum Gasteiger partial charge on any atom is -0.369 e. The van der Waals surface area contributed by atoms with E-state index in [1.165, 1.54) is 13.8 Å². The zero-order valence-corrected chi connectivity index (χ0v) is 12.4. The summed E-state index contributed by atoms with van der Waals surface area (Å²) in [5, 5.41) is 13.4. The lowest BCUT2D eigenvalue weighted by molar-refractivity contribution is -0.387. The van der Waals surface area contributed by atoms with Gasteiger partial charge >= 0.3 is 5.69 Å². The van der Waals surface area contributed by atoms with Gasteiger partial charge in [0.05, 0.1) is 16.7 Å². The molecular formula is C14H17F2N3O3. The van der Waals surface area contributed by atoms with E-state index in [2.05, 4.69) is 5.32 Å². The van der Waals surface area contributed by atoms with Crippen LogP contribution in [0.2, 0.25) is 0 Å². The molecule has 1 N–H and O–H groups in total. The molecule has 0 bridgehead atoms. The minimum absolute atomic E-state index is 0.0631. The van der Waals surface area contributed by atoms with Crippen LogP contribution in [-0.2, 0) is 4.79 Å². The van der Waals surface area contributed by atoms with Crippen LogP contribution in [0.5, 0.6) is 0 Å². The number of nitrogens with one attached hydrogen (secondary N) is 1. The molecule has 1 aliphatic rings. The second-order valence-corrected chi connectivity index (χ2v) is 5.46. The summed E-state index contributed by atoms with van der Waals surface area (Å²) in [7, 11) is 0. The molecule has 1 fully saturated rings. The van der Waals surface area contributed by atoms with Gasteiger partial charge in [-0.2, -0.15) is 4.39 Å². The molecule has 1 amide bonds. The van der Waals surface area contributed by atoms with Crippen LogP contribution in [0.1, 0.15) is 18.9 Å². The molecule has 0 spiro atoms. The molecule has 22 heavy (non-hydrogen) atoms. The van der Waals surface area contributed by atoms with Gasteiger partial charge in [0.1, 0.15) is 0 Å². The summed E-state index contributed by atoms with van der Waals surface area (Å²) in [6.45, 7) is 4.21. The minimum atomic E-state index is -1.01. The van der Waals surface area contributed by atoms with E-state index in [0.717, 1.165) is 6.42 Å². The molecule has 0 saturated carbocycles. The fourth-order valence-electron chi connectivity index (χ4n) is 2.74. The molecule has 1 aliphatic heterocycles. The Hall–Kier alpha value is -2.25. The Bertz CT molecular complexity index is 622. The Morgan fingerprint density at radius 1 is 1.55 bits per heavy atom. The highest BCUT2D eigenvalue weighted by Crippen LogP contribution is 2.34. The van der Waals surface area contributed by atoms with E-state index in [-0.39, 0.29) is 23.1 Å². The summed E-state index contributed by atoms with van der Waals surface area (Å²) in [6, 6.07) is 0.624. The topological polar surface area (TPSA) is 75.5 Å². The SMILES string of the molecule is CC(=O)NCC1CCN(c2c(F)cc([N+](=O)[O-])c(F)c2C)C1. The third-order valence-corrected chi connectivity index (χ3v) is 3.84. The maximum atomic E-state index is 14.2. The van der Waals surface area contributed by atoms with Gasteiger partial charge in [0.15, 0.2) is 5.82 Å². The average Bonchev–Trinajstić information content (AvgIpc) is 2.89. The number of amides is 1. The van der Waals surface area contributed by atoms with Gasteiger partial charge in [-0.05, 0) is 19.3 Å². The average molecular weight is 313 g/mol. The van der Waals surface area contributed by atoms with Crippen molar-refractivity contribution in [3.8, 4) is 0 Å². The van der Waals surface area contributed by atoms with Gasteiger partial charge in [0.25, 0.3) is 0 Å². The van der Waals surface area contributed by atoms with E-state index in [4.69, 9.17) is 0 Å². The molecule has 1 atom stereocenters. The lowest BCUT2D eigenvalue weighted by atomic mass is 10.1. The van der Waals surface area contributed by atoms with Crippen LogP contribution < -0.4 is 10.2 Å². The summed E-state index contributed by atoms with van der Waals surface area (Å²) in [5.74, 6) is -1.80. The van der Waals surface area contributed by atoms with Crippen molar-refractivity contribution < 1.29 is 18.5 Å². The summed E-state index contributed by atoms with van der Waals surface area (Å²) < 4.78 is 28.2. The number of nitrogens with zero attached hydrogens (tertiary/aromatic N) is 2. The van der Waals surface area contributed by atoms with E-state index in [1.54, 1.807) is 4.90 Å². The third-order valence-electron chi connectivity index (χ3n) is 3.84. The largest absolute Gasteiger partial charge is 0.369 e. The van der Waals surface area contributed by atoms with Crippen LogP contribution >= 0.6 is 0 Å². The highest BCUT2D eigenvalue weighted by Gasteiger charge is 2.30. The van der Waals surface area contributed by atoms with E-state index in [9.17, 15) is 23.7 Å². The van der Waals surface area contributed by atoms with Gasteiger partial charge in [0, 0.05) is 32.1 Å². The first kappa shape index (κ1) is 16.1. The number of benzene rings is 1. The van der Waals surface area contributed by atoms with E-state index in [0.29, 0.717) is 25.7 Å². The zero-order valence-electron chi connectivity index (χ0n) is 12.4. The fourth-order valence-corrected chi connectivity index (χ4v) is 2.74. The van der Waals surface area contributed by atoms with Crippen molar-refractivity contribution in [1.29, 1.82) is 0 Å². The van der Waals surface area contributed by atoms with Crippen molar-refractivity contribution in [2.24, 2.45) is 5.92 Å². The first-order valence-electron chi connectivity index (χ1n) is 6.93. The van der Waals surface area contributed by atoms with E-state index < -0.39 is 22.2 Å². The molecule has 1 aromatic rings. The molecule has 1 heterocycles. The number of halogens is 2. The first-order valence-corrected chi connectivity index (χ1v) is 6.93. The molecule has 6 nitrogen and oxygen atoms in total. The Balaban J connectivity index is 2.22. The molecule has 2 rings (SSSR count). The van der Waals surface area contributed by atoms with Crippen molar-refractivity contribution >= 4 is 17.3 Å². The Morgan fingerprint density at radius 3 is 2.82 bits per heavy atom. The maximum Gasteiger partial charge on any atom is 0.308 e. The molecule has 1 unspecified atom stereocenters. The monoisotopic (exact) mass is 313 g/mol. The number of carbonyl (C=O) groups is 1. The number of nitro benzene ring substituents is 1. The van der Waals surface area contributed by atoms with Crippen LogP contribution in [0.25, 0.3) is 0 Å². The Morgan fingerprint density at radius 2 is 2.23 bits per heavy atom. The highest BCUT2D eigenvalue weighted by molar-refractivity contribution is 5.72. The third kappa shape index (κ3) is 3.15. The standard InChI is InChI=1S/C14H17F2N3O3/c1-8-13(16)12(19(21)22)5-11(15)14(8)18-4-3-10(7-18)6-17-9(2)20/h5,10H,3-4,6-7H2,1-2H3,(H,17,20). The normalized spacial score (nSPS) is 17.6. The summed E-state index contributed by atoms with van der Waals surface area (Å²) in [5.41, 5.74) is -0.854. The second kappa shape index (κ2) is 6.25. The van der Waals surface area contributed by atoms with Crippen molar-refractivity contribution in [2.75, 3.05) is 24.5 Å². The van der Waals surface area contributed by atoms with Crippen LogP contribution in [0.4, 0.5) is 20.2 Å². The smallest absolute Gasteiger partial charge is 0.308 e. The summed E-state index contributed by atoms with van der Waals surface area (Å²) >= 11 is 0. The van der Waals surface area contributed by atoms with Crippen LogP contribution in [0.3, 0.4) is 0 Å². The van der Waals surface area contributed by atoms with Crippen LogP contribution in [0, 0.1) is 34.6 Å². The molecular weight excluding hydrogens is 296 g/mol. The number of hydrogen-bond donors (Lipinski definition) is 1. The molecule has 1 saturated heterocycles. The van der Waals surface area contributed by atoms with Gasteiger partial charge in [-0.1, -0.05) is 0 Å². The van der Waals surface area contributed by atoms with Gasteiger partial charge in [0.2, 0.25) is 11.7 Å².